The minimum Gasteiger partial charge on any atom is -0.314 e. The Labute approximate surface area is 123 Å². The molecule has 2 fully saturated rings. The first-order valence-corrected chi connectivity index (χ1v) is 8.57. The molecule has 3 nitrogen and oxygen atoms in total. The second kappa shape index (κ2) is 6.30. The van der Waals surface area contributed by atoms with Gasteiger partial charge in [0.15, 0.2) is 0 Å². The van der Waals surface area contributed by atoms with Crippen LogP contribution in [0.5, 0.6) is 0 Å². The standard InChI is InChI=1S/C17H29N3/c1-3-17(4-2)20-10-9-16(19-20)11-13-5-6-14(13)12-18-15-7-8-15/h9-10,13-15,17-18H,3-8,11-12H2,1-2H3. The fourth-order valence-electron chi connectivity index (χ4n) is 3.40. The van der Waals surface area contributed by atoms with Gasteiger partial charge >= 0.3 is 0 Å². The average molecular weight is 275 g/mol. The van der Waals surface area contributed by atoms with Crippen molar-refractivity contribution in [2.45, 2.75) is 70.9 Å². The lowest BCUT2D eigenvalue weighted by Crippen LogP contribution is -2.37. The van der Waals surface area contributed by atoms with E-state index in [1.54, 1.807) is 0 Å². The van der Waals surface area contributed by atoms with E-state index in [1.807, 2.05) is 0 Å². The van der Waals surface area contributed by atoms with Crippen molar-refractivity contribution in [2.75, 3.05) is 6.54 Å². The highest BCUT2D eigenvalue weighted by Gasteiger charge is 2.32. The molecule has 2 saturated carbocycles. The molecule has 3 rings (SSSR count). The van der Waals surface area contributed by atoms with Gasteiger partial charge in [-0.2, -0.15) is 5.10 Å². The molecule has 2 aliphatic rings. The zero-order valence-corrected chi connectivity index (χ0v) is 13.0. The largest absolute Gasteiger partial charge is 0.314 e. The highest BCUT2D eigenvalue weighted by atomic mass is 15.3. The van der Waals surface area contributed by atoms with Crippen LogP contribution in [0, 0.1) is 11.8 Å². The Hall–Kier alpha value is -0.830. The molecule has 0 spiro atoms. The molecule has 0 bridgehead atoms. The van der Waals surface area contributed by atoms with Gasteiger partial charge in [-0.05, 0) is 69.4 Å². The quantitative estimate of drug-likeness (QED) is 0.786. The van der Waals surface area contributed by atoms with Gasteiger partial charge in [-0.25, -0.2) is 0 Å². The zero-order valence-electron chi connectivity index (χ0n) is 13.0. The lowest BCUT2D eigenvalue weighted by molar-refractivity contribution is 0.169. The Morgan fingerprint density at radius 1 is 1.20 bits per heavy atom. The smallest absolute Gasteiger partial charge is 0.0627 e. The molecule has 0 radical (unpaired) electrons. The van der Waals surface area contributed by atoms with Crippen molar-refractivity contribution in [3.63, 3.8) is 0 Å². The van der Waals surface area contributed by atoms with Gasteiger partial charge in [0, 0.05) is 12.2 Å². The fraction of sp³-hybridized carbons (Fsp3) is 0.824. The SMILES string of the molecule is CCC(CC)n1ccc(CC2CCC2CNC2CC2)n1. The molecule has 1 N–H and O–H groups in total. The lowest BCUT2D eigenvalue weighted by Gasteiger charge is -2.36. The summed E-state index contributed by atoms with van der Waals surface area (Å²) in [6.07, 6.45) is 11.3. The maximum absolute atomic E-state index is 4.81. The summed E-state index contributed by atoms with van der Waals surface area (Å²) in [4.78, 5) is 0. The van der Waals surface area contributed by atoms with Crippen molar-refractivity contribution in [2.24, 2.45) is 11.8 Å². The van der Waals surface area contributed by atoms with Gasteiger partial charge < -0.3 is 5.32 Å². The summed E-state index contributed by atoms with van der Waals surface area (Å²) in [6, 6.07) is 3.67. The van der Waals surface area contributed by atoms with E-state index in [0.29, 0.717) is 6.04 Å². The predicted molar refractivity (Wildman–Crippen MR) is 82.8 cm³/mol. The summed E-state index contributed by atoms with van der Waals surface area (Å²) < 4.78 is 2.19. The third-order valence-corrected chi connectivity index (χ3v) is 5.27. The number of aromatic nitrogens is 2. The van der Waals surface area contributed by atoms with Crippen LogP contribution in [0.25, 0.3) is 0 Å². The first-order valence-electron chi connectivity index (χ1n) is 8.57. The van der Waals surface area contributed by atoms with E-state index in [2.05, 4.69) is 36.1 Å². The summed E-state index contributed by atoms with van der Waals surface area (Å²) in [5.41, 5.74) is 1.30. The number of rotatable bonds is 8. The summed E-state index contributed by atoms with van der Waals surface area (Å²) in [5.74, 6) is 1.76. The van der Waals surface area contributed by atoms with Crippen molar-refractivity contribution in [3.05, 3.63) is 18.0 Å². The molecule has 0 saturated heterocycles. The molecule has 1 aromatic rings. The van der Waals surface area contributed by atoms with Gasteiger partial charge in [0.25, 0.3) is 0 Å². The minimum atomic E-state index is 0.581. The summed E-state index contributed by atoms with van der Waals surface area (Å²) in [5, 5.41) is 8.50. The zero-order chi connectivity index (χ0) is 13.9. The molecule has 112 valence electrons. The molecular weight excluding hydrogens is 246 g/mol. The third-order valence-electron chi connectivity index (χ3n) is 5.27. The minimum absolute atomic E-state index is 0.581. The van der Waals surface area contributed by atoms with Crippen molar-refractivity contribution in [1.29, 1.82) is 0 Å². The second-order valence-corrected chi connectivity index (χ2v) is 6.74. The molecule has 1 heterocycles. The number of hydrogen-bond donors (Lipinski definition) is 1. The third kappa shape index (κ3) is 3.25. The van der Waals surface area contributed by atoms with Crippen molar-refractivity contribution >= 4 is 0 Å². The Kier molecular flexibility index (Phi) is 4.45. The Morgan fingerprint density at radius 2 is 1.95 bits per heavy atom. The van der Waals surface area contributed by atoms with Crippen LogP contribution in [-0.4, -0.2) is 22.4 Å². The monoisotopic (exact) mass is 275 g/mol. The Morgan fingerprint density at radius 3 is 2.55 bits per heavy atom. The van der Waals surface area contributed by atoms with E-state index in [4.69, 9.17) is 5.10 Å². The highest BCUT2D eigenvalue weighted by Crippen LogP contribution is 2.36. The van der Waals surface area contributed by atoms with Crippen LogP contribution in [0.1, 0.15) is 64.1 Å². The normalized spacial score (nSPS) is 25.9. The second-order valence-electron chi connectivity index (χ2n) is 6.74. The Bertz CT molecular complexity index is 418. The van der Waals surface area contributed by atoms with Crippen LogP contribution in [0.2, 0.25) is 0 Å². The molecule has 0 aromatic carbocycles. The van der Waals surface area contributed by atoms with E-state index < -0.39 is 0 Å². The van der Waals surface area contributed by atoms with Gasteiger partial charge in [0.2, 0.25) is 0 Å². The van der Waals surface area contributed by atoms with E-state index in [9.17, 15) is 0 Å². The van der Waals surface area contributed by atoms with Gasteiger partial charge in [-0.15, -0.1) is 0 Å². The average Bonchev–Trinajstić information content (AvgIpc) is 3.14. The summed E-state index contributed by atoms with van der Waals surface area (Å²) >= 11 is 0. The Balaban J connectivity index is 1.49. The van der Waals surface area contributed by atoms with Crippen LogP contribution in [0.15, 0.2) is 12.3 Å². The van der Waals surface area contributed by atoms with Crippen molar-refractivity contribution in [1.82, 2.24) is 15.1 Å². The van der Waals surface area contributed by atoms with Crippen LogP contribution in [-0.2, 0) is 6.42 Å². The number of hydrogen-bond acceptors (Lipinski definition) is 2. The molecule has 20 heavy (non-hydrogen) atoms. The first kappa shape index (κ1) is 14.1. The highest BCUT2D eigenvalue weighted by molar-refractivity contribution is 5.03. The van der Waals surface area contributed by atoms with E-state index in [-0.39, 0.29) is 0 Å². The van der Waals surface area contributed by atoms with Crippen molar-refractivity contribution < 1.29 is 0 Å². The maximum Gasteiger partial charge on any atom is 0.0627 e. The predicted octanol–water partition coefficient (Wildman–Crippen LogP) is 3.56. The van der Waals surface area contributed by atoms with Crippen LogP contribution in [0.3, 0.4) is 0 Å². The van der Waals surface area contributed by atoms with E-state index in [1.165, 1.54) is 57.2 Å². The number of nitrogens with zero attached hydrogens (tertiary/aromatic N) is 2. The first-order chi connectivity index (χ1) is 9.80. The molecule has 1 aromatic heterocycles. The van der Waals surface area contributed by atoms with Crippen LogP contribution >= 0.6 is 0 Å². The summed E-state index contributed by atoms with van der Waals surface area (Å²) in [6.45, 7) is 5.74. The van der Waals surface area contributed by atoms with Gasteiger partial charge in [0.05, 0.1) is 11.7 Å². The van der Waals surface area contributed by atoms with E-state index >= 15 is 0 Å². The van der Waals surface area contributed by atoms with Gasteiger partial charge in [-0.3, -0.25) is 4.68 Å². The molecule has 0 amide bonds. The fourth-order valence-corrected chi connectivity index (χ4v) is 3.40. The molecule has 0 aliphatic heterocycles. The van der Waals surface area contributed by atoms with Gasteiger partial charge in [-0.1, -0.05) is 13.8 Å². The summed E-state index contributed by atoms with van der Waals surface area (Å²) in [7, 11) is 0. The molecule has 2 atom stereocenters. The van der Waals surface area contributed by atoms with E-state index in [0.717, 1.165) is 17.9 Å². The van der Waals surface area contributed by atoms with Crippen molar-refractivity contribution in [3.8, 4) is 0 Å². The molecule has 3 heteroatoms. The van der Waals surface area contributed by atoms with Crippen LogP contribution < -0.4 is 5.32 Å². The van der Waals surface area contributed by atoms with Crippen LogP contribution in [0.4, 0.5) is 0 Å². The topological polar surface area (TPSA) is 29.9 Å². The molecule has 2 unspecified atom stereocenters. The lowest BCUT2D eigenvalue weighted by atomic mass is 9.71. The number of nitrogens with one attached hydrogen (secondary N) is 1. The maximum atomic E-state index is 4.81. The molecule has 2 aliphatic carbocycles. The van der Waals surface area contributed by atoms with Gasteiger partial charge in [0.1, 0.15) is 0 Å². The molecular formula is C17H29N3.